The van der Waals surface area contributed by atoms with Crippen LogP contribution in [0, 0.1) is 0 Å². The van der Waals surface area contributed by atoms with Gasteiger partial charge in [-0.05, 0) is 25.7 Å². The molecule has 120 valence electrons. The Balaban J connectivity index is 2.49. The second-order valence-corrected chi connectivity index (χ2v) is 5.32. The summed E-state index contributed by atoms with van der Waals surface area (Å²) in [5.41, 5.74) is 0. The number of piperidine rings is 1. The van der Waals surface area contributed by atoms with Crippen molar-refractivity contribution in [2.24, 2.45) is 0 Å². The zero-order chi connectivity index (χ0) is 15.8. The summed E-state index contributed by atoms with van der Waals surface area (Å²) >= 11 is 0. The number of aliphatic carboxylic acids is 1. The Bertz CT molecular complexity index is 386. The molecule has 1 aliphatic heterocycles. The number of carboxylic acids is 1. The number of methoxy groups -OCH3 is 1. The molecule has 7 nitrogen and oxygen atoms in total. The van der Waals surface area contributed by atoms with Crippen molar-refractivity contribution in [3.8, 4) is 0 Å². The maximum Gasteiger partial charge on any atom is 0.320 e. The van der Waals surface area contributed by atoms with Crippen LogP contribution in [0.2, 0.25) is 0 Å². The molecule has 1 saturated heterocycles. The van der Waals surface area contributed by atoms with Crippen molar-refractivity contribution in [2.75, 3.05) is 27.2 Å². The molecule has 0 spiro atoms. The van der Waals surface area contributed by atoms with Crippen LogP contribution >= 0.6 is 0 Å². The quantitative estimate of drug-likeness (QED) is 0.748. The zero-order valence-electron chi connectivity index (χ0n) is 12.7. The summed E-state index contributed by atoms with van der Waals surface area (Å²) in [5.74, 6) is -1.18. The van der Waals surface area contributed by atoms with Crippen molar-refractivity contribution >= 4 is 18.0 Å². The topological polar surface area (TPSA) is 87.2 Å². The van der Waals surface area contributed by atoms with Crippen LogP contribution in [-0.4, -0.2) is 66.2 Å². The molecule has 7 heteroatoms. The second kappa shape index (κ2) is 8.49. The molecule has 0 bridgehead atoms. The number of amides is 2. The summed E-state index contributed by atoms with van der Waals surface area (Å²) in [4.78, 5) is 37.5. The van der Waals surface area contributed by atoms with Crippen LogP contribution < -0.4 is 0 Å². The van der Waals surface area contributed by atoms with Gasteiger partial charge in [0.2, 0.25) is 0 Å². The lowest BCUT2D eigenvalue weighted by Gasteiger charge is -2.37. The standard InChI is InChI=1S/C14H24N2O5/c1-15(8-5-7-13(19)21-2)14(20)16-9-4-3-6-11(16)10-12(17)18/h11H,3-10H2,1-2H3,(H,17,18). The van der Waals surface area contributed by atoms with Crippen LogP contribution in [0.25, 0.3) is 0 Å². The van der Waals surface area contributed by atoms with E-state index >= 15 is 0 Å². The molecule has 1 fully saturated rings. The molecule has 0 saturated carbocycles. The Hall–Kier alpha value is -1.79. The molecule has 1 rings (SSSR count). The van der Waals surface area contributed by atoms with E-state index in [4.69, 9.17) is 5.11 Å². The second-order valence-electron chi connectivity index (χ2n) is 5.32. The first-order valence-corrected chi connectivity index (χ1v) is 7.26. The normalized spacial score (nSPS) is 18.2. The highest BCUT2D eigenvalue weighted by molar-refractivity contribution is 5.76. The van der Waals surface area contributed by atoms with E-state index in [1.807, 2.05) is 0 Å². The fourth-order valence-electron chi connectivity index (χ4n) is 2.54. The van der Waals surface area contributed by atoms with Gasteiger partial charge in [-0.1, -0.05) is 0 Å². The Labute approximate surface area is 124 Å². The average Bonchev–Trinajstić information content (AvgIpc) is 2.46. The summed E-state index contributed by atoms with van der Waals surface area (Å²) in [5, 5.41) is 8.93. The highest BCUT2D eigenvalue weighted by Gasteiger charge is 2.30. The number of hydrogen-bond acceptors (Lipinski definition) is 4. The predicted octanol–water partition coefficient (Wildman–Crippen LogP) is 1.32. The van der Waals surface area contributed by atoms with Gasteiger partial charge in [0.1, 0.15) is 0 Å². The molecule has 1 aliphatic rings. The minimum atomic E-state index is -0.881. The third-order valence-corrected chi connectivity index (χ3v) is 3.71. The minimum Gasteiger partial charge on any atom is -0.481 e. The fraction of sp³-hybridized carbons (Fsp3) is 0.786. The van der Waals surface area contributed by atoms with Crippen molar-refractivity contribution in [2.45, 2.75) is 44.6 Å². The van der Waals surface area contributed by atoms with Crippen molar-refractivity contribution < 1.29 is 24.2 Å². The van der Waals surface area contributed by atoms with E-state index in [9.17, 15) is 14.4 Å². The van der Waals surface area contributed by atoms with Gasteiger partial charge in [-0.2, -0.15) is 0 Å². The Kier molecular flexibility index (Phi) is 6.98. The van der Waals surface area contributed by atoms with Gasteiger partial charge >= 0.3 is 18.0 Å². The van der Waals surface area contributed by atoms with Crippen LogP contribution in [0.3, 0.4) is 0 Å². The lowest BCUT2D eigenvalue weighted by Crippen LogP contribution is -2.50. The lowest BCUT2D eigenvalue weighted by molar-refractivity contribution is -0.141. The van der Waals surface area contributed by atoms with E-state index in [1.165, 1.54) is 7.11 Å². The SMILES string of the molecule is COC(=O)CCCN(C)C(=O)N1CCCCC1CC(=O)O. The van der Waals surface area contributed by atoms with Crippen LogP contribution in [-0.2, 0) is 14.3 Å². The summed E-state index contributed by atoms with van der Waals surface area (Å²) in [6.45, 7) is 1.04. The van der Waals surface area contributed by atoms with E-state index in [2.05, 4.69) is 4.74 Å². The van der Waals surface area contributed by atoms with E-state index in [0.717, 1.165) is 19.3 Å². The van der Waals surface area contributed by atoms with E-state index in [1.54, 1.807) is 16.8 Å². The minimum absolute atomic E-state index is 0.0122. The summed E-state index contributed by atoms with van der Waals surface area (Å²) in [7, 11) is 3.01. The van der Waals surface area contributed by atoms with Gasteiger partial charge in [0.15, 0.2) is 0 Å². The molecule has 1 N–H and O–H groups in total. The number of ether oxygens (including phenoxy) is 1. The third kappa shape index (κ3) is 5.61. The predicted molar refractivity (Wildman–Crippen MR) is 75.9 cm³/mol. The van der Waals surface area contributed by atoms with E-state index in [-0.39, 0.29) is 30.9 Å². The first kappa shape index (κ1) is 17.3. The molecule has 21 heavy (non-hydrogen) atoms. The lowest BCUT2D eigenvalue weighted by atomic mass is 10.00. The van der Waals surface area contributed by atoms with Gasteiger partial charge in [-0.15, -0.1) is 0 Å². The Morgan fingerprint density at radius 3 is 2.67 bits per heavy atom. The van der Waals surface area contributed by atoms with Crippen LogP contribution in [0.5, 0.6) is 0 Å². The van der Waals surface area contributed by atoms with Crippen molar-refractivity contribution in [1.82, 2.24) is 9.80 Å². The highest BCUT2D eigenvalue weighted by Crippen LogP contribution is 2.21. The van der Waals surface area contributed by atoms with Crippen LogP contribution in [0.4, 0.5) is 4.79 Å². The molecule has 1 unspecified atom stereocenters. The van der Waals surface area contributed by atoms with E-state index in [0.29, 0.717) is 19.5 Å². The molecule has 0 aromatic rings. The summed E-state index contributed by atoms with van der Waals surface area (Å²) in [6, 6.07) is -0.391. The number of carboxylic acid groups (broad SMARTS) is 1. The maximum absolute atomic E-state index is 12.4. The fourth-order valence-corrected chi connectivity index (χ4v) is 2.54. The average molecular weight is 300 g/mol. The van der Waals surface area contributed by atoms with Crippen molar-refractivity contribution in [3.05, 3.63) is 0 Å². The van der Waals surface area contributed by atoms with Gasteiger partial charge < -0.3 is 19.6 Å². The molecule has 2 amide bonds. The maximum atomic E-state index is 12.4. The van der Waals surface area contributed by atoms with Gasteiger partial charge in [0, 0.05) is 32.6 Å². The number of urea groups is 1. The molecular weight excluding hydrogens is 276 g/mol. The van der Waals surface area contributed by atoms with Gasteiger partial charge in [-0.25, -0.2) is 4.79 Å². The number of nitrogens with zero attached hydrogens (tertiary/aromatic N) is 2. The molecule has 0 aromatic heterocycles. The number of carbonyl (C=O) groups excluding carboxylic acids is 2. The largest absolute Gasteiger partial charge is 0.481 e. The molecule has 0 aliphatic carbocycles. The number of likely N-dealkylation sites (tertiary alicyclic amines) is 1. The molecular formula is C14H24N2O5. The molecule has 1 heterocycles. The monoisotopic (exact) mass is 300 g/mol. The van der Waals surface area contributed by atoms with Gasteiger partial charge in [-0.3, -0.25) is 9.59 Å². The van der Waals surface area contributed by atoms with Crippen LogP contribution in [0.1, 0.15) is 38.5 Å². The summed E-state index contributed by atoms with van der Waals surface area (Å²) in [6.07, 6.45) is 3.38. The number of hydrogen-bond donors (Lipinski definition) is 1. The Morgan fingerprint density at radius 2 is 2.05 bits per heavy atom. The van der Waals surface area contributed by atoms with E-state index < -0.39 is 5.97 Å². The summed E-state index contributed by atoms with van der Waals surface area (Å²) < 4.78 is 4.55. The third-order valence-electron chi connectivity index (χ3n) is 3.71. The van der Waals surface area contributed by atoms with Gasteiger partial charge in [0.05, 0.1) is 13.5 Å². The molecule has 0 aromatic carbocycles. The number of carbonyl (C=O) groups is 3. The molecule has 0 radical (unpaired) electrons. The first-order valence-electron chi connectivity index (χ1n) is 7.26. The number of rotatable bonds is 6. The number of esters is 1. The smallest absolute Gasteiger partial charge is 0.320 e. The molecule has 1 atom stereocenters. The van der Waals surface area contributed by atoms with Crippen molar-refractivity contribution in [3.63, 3.8) is 0 Å². The Morgan fingerprint density at radius 1 is 1.33 bits per heavy atom. The van der Waals surface area contributed by atoms with Crippen LogP contribution in [0.15, 0.2) is 0 Å². The highest BCUT2D eigenvalue weighted by atomic mass is 16.5. The van der Waals surface area contributed by atoms with Crippen molar-refractivity contribution in [1.29, 1.82) is 0 Å². The first-order chi connectivity index (χ1) is 9.95. The zero-order valence-corrected chi connectivity index (χ0v) is 12.7. The van der Waals surface area contributed by atoms with Gasteiger partial charge in [0.25, 0.3) is 0 Å².